The van der Waals surface area contributed by atoms with Gasteiger partial charge >= 0.3 is 0 Å². The minimum atomic E-state index is -0.529. The Labute approximate surface area is 137 Å². The molecule has 3 rings (SSSR count). The van der Waals surface area contributed by atoms with Gasteiger partial charge in [-0.2, -0.15) is 0 Å². The number of benzene rings is 1. The van der Waals surface area contributed by atoms with E-state index in [1.807, 2.05) is 6.92 Å². The molecule has 2 fully saturated rings. The molecular weight excluding hydrogens is 318 g/mol. The zero-order valence-electron chi connectivity index (χ0n) is 12.9. The van der Waals surface area contributed by atoms with Crippen LogP contribution in [0.15, 0.2) is 18.2 Å². The first kappa shape index (κ1) is 15.8. The predicted octanol–water partition coefficient (Wildman–Crippen LogP) is 2.30. The first-order valence-corrected chi connectivity index (χ1v) is 8.33. The molecule has 8 heteroatoms. The summed E-state index contributed by atoms with van der Waals surface area (Å²) >= 11 is 1.61. The van der Waals surface area contributed by atoms with Crippen LogP contribution in [0.5, 0.6) is 0 Å². The number of fused-ring (bicyclic) bond motifs is 1. The number of thioether (sulfide) groups is 1. The van der Waals surface area contributed by atoms with E-state index in [-0.39, 0.29) is 22.4 Å². The quantitative estimate of drug-likeness (QED) is 0.676. The molecule has 0 unspecified atom stereocenters. The smallest absolute Gasteiger partial charge is 0.274 e. The van der Waals surface area contributed by atoms with Crippen molar-refractivity contribution in [3.63, 3.8) is 0 Å². The first-order chi connectivity index (χ1) is 10.8. The fourth-order valence-electron chi connectivity index (χ4n) is 3.19. The maximum Gasteiger partial charge on any atom is 0.274 e. The number of carbonyl (C=O) groups is 2. The summed E-state index contributed by atoms with van der Waals surface area (Å²) in [5.41, 5.74) is 0.784. The average molecular weight is 335 g/mol. The highest BCUT2D eigenvalue weighted by Crippen LogP contribution is 2.47. The van der Waals surface area contributed by atoms with Crippen LogP contribution in [-0.4, -0.2) is 38.3 Å². The summed E-state index contributed by atoms with van der Waals surface area (Å²) in [4.78, 5) is 36.5. The Bertz CT molecular complexity index is 708. The topological polar surface area (TPSA) is 92.6 Å². The minimum absolute atomic E-state index is 0.00610. The Morgan fingerprint density at radius 1 is 1.52 bits per heavy atom. The lowest BCUT2D eigenvalue weighted by Crippen LogP contribution is -2.48. The summed E-state index contributed by atoms with van der Waals surface area (Å²) < 4.78 is 0. The molecule has 23 heavy (non-hydrogen) atoms. The van der Waals surface area contributed by atoms with Crippen LogP contribution >= 0.6 is 11.8 Å². The standard InChI is InChI=1S/C15H17N3O4S/c1-9-10(4-3-5-11(9)18(21)22)16-14(20)12-8-23-15(2)7-6-13(19)17(12)15/h3-5,12H,6-8H2,1-2H3,(H,16,20)/t12-,15-/m0/s1. The molecule has 0 saturated carbocycles. The van der Waals surface area contributed by atoms with Crippen LogP contribution in [0.3, 0.4) is 0 Å². The second-order valence-electron chi connectivity index (χ2n) is 5.96. The maximum atomic E-state index is 12.6. The van der Waals surface area contributed by atoms with Gasteiger partial charge in [-0.05, 0) is 26.3 Å². The van der Waals surface area contributed by atoms with Crippen LogP contribution in [0.1, 0.15) is 25.3 Å². The van der Waals surface area contributed by atoms with Crippen molar-refractivity contribution < 1.29 is 14.5 Å². The van der Waals surface area contributed by atoms with Crippen molar-refractivity contribution in [3.05, 3.63) is 33.9 Å². The van der Waals surface area contributed by atoms with Crippen molar-refractivity contribution in [3.8, 4) is 0 Å². The molecule has 0 bridgehead atoms. The zero-order chi connectivity index (χ0) is 16.8. The third-order valence-electron chi connectivity index (χ3n) is 4.51. The monoisotopic (exact) mass is 335 g/mol. The molecule has 0 spiro atoms. The van der Waals surface area contributed by atoms with Gasteiger partial charge in [0.25, 0.3) is 5.69 Å². The van der Waals surface area contributed by atoms with E-state index in [0.29, 0.717) is 23.4 Å². The van der Waals surface area contributed by atoms with E-state index in [4.69, 9.17) is 0 Å². The van der Waals surface area contributed by atoms with Gasteiger partial charge in [0.1, 0.15) is 6.04 Å². The number of nitro benzene ring substituents is 1. The van der Waals surface area contributed by atoms with Crippen molar-refractivity contribution in [2.24, 2.45) is 0 Å². The Kier molecular flexibility index (Phi) is 3.79. The Morgan fingerprint density at radius 2 is 2.26 bits per heavy atom. The van der Waals surface area contributed by atoms with Crippen molar-refractivity contribution in [1.29, 1.82) is 0 Å². The molecule has 1 aromatic carbocycles. The third-order valence-corrected chi connectivity index (χ3v) is 6.01. The van der Waals surface area contributed by atoms with Gasteiger partial charge in [0.15, 0.2) is 0 Å². The highest BCUT2D eigenvalue weighted by molar-refractivity contribution is 8.01. The van der Waals surface area contributed by atoms with Gasteiger partial charge in [0.05, 0.1) is 21.0 Å². The lowest BCUT2D eigenvalue weighted by Gasteiger charge is -2.29. The Hall–Kier alpha value is -2.09. The fraction of sp³-hybridized carbons (Fsp3) is 0.467. The first-order valence-electron chi connectivity index (χ1n) is 7.34. The van der Waals surface area contributed by atoms with Crippen LogP contribution in [0.4, 0.5) is 11.4 Å². The van der Waals surface area contributed by atoms with E-state index in [9.17, 15) is 19.7 Å². The van der Waals surface area contributed by atoms with E-state index >= 15 is 0 Å². The Balaban J connectivity index is 1.82. The molecule has 1 N–H and O–H groups in total. The molecule has 2 atom stereocenters. The summed E-state index contributed by atoms with van der Waals surface area (Å²) in [6, 6.07) is 4.04. The molecule has 2 aliphatic heterocycles. The summed E-state index contributed by atoms with van der Waals surface area (Å²) in [5, 5.41) is 13.7. The molecule has 2 heterocycles. The van der Waals surface area contributed by atoms with Gasteiger partial charge in [0.2, 0.25) is 11.8 Å². The molecule has 0 aromatic heterocycles. The van der Waals surface area contributed by atoms with Gasteiger partial charge in [-0.1, -0.05) is 6.07 Å². The summed E-state index contributed by atoms with van der Waals surface area (Å²) in [5.74, 6) is 0.246. The average Bonchev–Trinajstić information content (AvgIpc) is 2.98. The van der Waals surface area contributed by atoms with Gasteiger partial charge in [0, 0.05) is 18.2 Å². The molecule has 0 radical (unpaired) electrons. The highest BCUT2D eigenvalue weighted by atomic mass is 32.2. The number of nitrogens with one attached hydrogen (secondary N) is 1. The van der Waals surface area contributed by atoms with Gasteiger partial charge < -0.3 is 10.2 Å². The maximum absolute atomic E-state index is 12.6. The summed E-state index contributed by atoms with van der Waals surface area (Å²) in [6.45, 7) is 3.58. The predicted molar refractivity (Wildman–Crippen MR) is 87.2 cm³/mol. The minimum Gasteiger partial charge on any atom is -0.324 e. The van der Waals surface area contributed by atoms with E-state index in [0.717, 1.165) is 6.42 Å². The molecule has 2 saturated heterocycles. The lowest BCUT2D eigenvalue weighted by atomic mass is 10.1. The number of nitro groups is 1. The molecular formula is C15H17N3O4S. The lowest BCUT2D eigenvalue weighted by molar-refractivity contribution is -0.385. The zero-order valence-corrected chi connectivity index (χ0v) is 13.7. The van der Waals surface area contributed by atoms with E-state index in [1.54, 1.807) is 29.7 Å². The van der Waals surface area contributed by atoms with Crippen molar-refractivity contribution in [1.82, 2.24) is 4.90 Å². The van der Waals surface area contributed by atoms with Gasteiger partial charge in [-0.15, -0.1) is 11.8 Å². The van der Waals surface area contributed by atoms with Gasteiger partial charge in [-0.3, -0.25) is 19.7 Å². The van der Waals surface area contributed by atoms with Crippen LogP contribution in [0, 0.1) is 17.0 Å². The van der Waals surface area contributed by atoms with Crippen LogP contribution in [0.25, 0.3) is 0 Å². The molecule has 122 valence electrons. The second kappa shape index (κ2) is 5.52. The number of anilines is 1. The van der Waals surface area contributed by atoms with E-state index < -0.39 is 11.0 Å². The van der Waals surface area contributed by atoms with Crippen LogP contribution < -0.4 is 5.32 Å². The highest BCUT2D eigenvalue weighted by Gasteiger charge is 2.52. The van der Waals surface area contributed by atoms with E-state index in [2.05, 4.69) is 5.32 Å². The fourth-order valence-corrected chi connectivity index (χ4v) is 4.62. The summed E-state index contributed by atoms with van der Waals surface area (Å²) in [7, 11) is 0. The van der Waals surface area contributed by atoms with Crippen molar-refractivity contribution >= 4 is 35.0 Å². The number of rotatable bonds is 3. The Morgan fingerprint density at radius 3 is 2.96 bits per heavy atom. The van der Waals surface area contributed by atoms with Gasteiger partial charge in [-0.25, -0.2) is 0 Å². The molecule has 2 aliphatic rings. The van der Waals surface area contributed by atoms with E-state index in [1.165, 1.54) is 12.1 Å². The number of nitrogens with zero attached hydrogens (tertiary/aromatic N) is 2. The van der Waals surface area contributed by atoms with Crippen molar-refractivity contribution in [2.75, 3.05) is 11.1 Å². The second-order valence-corrected chi connectivity index (χ2v) is 7.46. The van der Waals surface area contributed by atoms with Crippen molar-refractivity contribution in [2.45, 2.75) is 37.6 Å². The van der Waals surface area contributed by atoms with Crippen LogP contribution in [0.2, 0.25) is 0 Å². The third kappa shape index (κ3) is 2.56. The normalized spacial score (nSPS) is 26.3. The number of hydrogen-bond acceptors (Lipinski definition) is 5. The molecule has 0 aliphatic carbocycles. The molecule has 7 nitrogen and oxygen atoms in total. The largest absolute Gasteiger partial charge is 0.324 e. The SMILES string of the molecule is Cc1c(NC(=O)[C@@H]2CS[C@@]3(C)CCC(=O)N23)cccc1[N+](=O)[O-]. The molecule has 2 amide bonds. The number of carbonyl (C=O) groups excluding carboxylic acids is 2. The number of hydrogen-bond donors (Lipinski definition) is 1. The van der Waals surface area contributed by atoms with Crippen LogP contribution in [-0.2, 0) is 9.59 Å². The number of amides is 2. The molecule has 1 aromatic rings. The summed E-state index contributed by atoms with van der Waals surface area (Å²) in [6.07, 6.45) is 1.21.